The van der Waals surface area contributed by atoms with Crippen LogP contribution in [0.15, 0.2) is 18.2 Å². The van der Waals surface area contributed by atoms with E-state index >= 15 is 0 Å². The van der Waals surface area contributed by atoms with E-state index in [-0.39, 0.29) is 11.5 Å². The van der Waals surface area contributed by atoms with Crippen molar-refractivity contribution in [2.75, 3.05) is 20.2 Å². The van der Waals surface area contributed by atoms with Gasteiger partial charge in [-0.25, -0.2) is 0 Å². The van der Waals surface area contributed by atoms with E-state index in [4.69, 9.17) is 4.74 Å². The molecule has 114 valence electrons. The zero-order valence-corrected chi connectivity index (χ0v) is 11.9. The predicted octanol–water partition coefficient (Wildman–Crippen LogP) is 3.35. The van der Waals surface area contributed by atoms with Gasteiger partial charge in [0.25, 0.3) is 0 Å². The Morgan fingerprint density at radius 2 is 1.90 bits per heavy atom. The number of rotatable bonds is 5. The Morgan fingerprint density at radius 3 is 2.48 bits per heavy atom. The Hall–Kier alpha value is -1.87. The Labute approximate surface area is 122 Å². The molecule has 2 rings (SSSR count). The highest BCUT2D eigenvalue weighted by Crippen LogP contribution is 2.33. The molecule has 1 saturated heterocycles. The summed E-state index contributed by atoms with van der Waals surface area (Å²) in [5.41, 5.74) is 0.649. The van der Waals surface area contributed by atoms with Crippen molar-refractivity contribution in [3.8, 4) is 17.6 Å². The summed E-state index contributed by atoms with van der Waals surface area (Å²) in [5, 5.41) is 9.42. The second-order valence-corrected chi connectivity index (χ2v) is 4.92. The number of methoxy groups -OCH3 is 1. The smallest absolute Gasteiger partial charge is 0.387 e. The first-order valence-corrected chi connectivity index (χ1v) is 6.92. The lowest BCUT2D eigenvalue weighted by Gasteiger charge is -2.30. The number of piperidine rings is 1. The van der Waals surface area contributed by atoms with Crippen LogP contribution in [0.4, 0.5) is 8.78 Å². The lowest BCUT2D eigenvalue weighted by atomic mass is 10.0. The number of ether oxygens (including phenoxy) is 2. The number of hydrogen-bond donors (Lipinski definition) is 0. The average Bonchev–Trinajstić information content (AvgIpc) is 2.49. The van der Waals surface area contributed by atoms with Gasteiger partial charge in [0.05, 0.1) is 13.2 Å². The van der Waals surface area contributed by atoms with E-state index < -0.39 is 12.7 Å². The Balaban J connectivity index is 2.26. The molecule has 1 aliphatic rings. The van der Waals surface area contributed by atoms with E-state index in [1.165, 1.54) is 13.2 Å². The summed E-state index contributed by atoms with van der Waals surface area (Å²) in [7, 11) is 1.39. The summed E-state index contributed by atoms with van der Waals surface area (Å²) in [4.78, 5) is 2.07. The highest BCUT2D eigenvalue weighted by molar-refractivity contribution is 5.45. The number of hydrogen-bond acceptors (Lipinski definition) is 4. The van der Waals surface area contributed by atoms with Crippen LogP contribution in [0.1, 0.15) is 30.9 Å². The number of alkyl halides is 2. The second kappa shape index (κ2) is 7.23. The van der Waals surface area contributed by atoms with Gasteiger partial charge in [0.1, 0.15) is 6.04 Å². The van der Waals surface area contributed by atoms with Crippen LogP contribution in [0, 0.1) is 11.3 Å². The molecule has 6 heteroatoms. The molecule has 0 radical (unpaired) electrons. The molecule has 0 saturated carbocycles. The van der Waals surface area contributed by atoms with Crippen molar-refractivity contribution >= 4 is 0 Å². The molecule has 0 amide bonds. The van der Waals surface area contributed by atoms with Crippen molar-refractivity contribution in [3.63, 3.8) is 0 Å². The van der Waals surface area contributed by atoms with Crippen molar-refractivity contribution in [1.82, 2.24) is 4.90 Å². The van der Waals surface area contributed by atoms with Gasteiger partial charge in [-0.05, 0) is 43.6 Å². The fourth-order valence-corrected chi connectivity index (χ4v) is 2.60. The van der Waals surface area contributed by atoms with E-state index in [1.807, 2.05) is 0 Å². The van der Waals surface area contributed by atoms with Gasteiger partial charge >= 0.3 is 6.61 Å². The third-order valence-corrected chi connectivity index (χ3v) is 3.60. The Kier molecular flexibility index (Phi) is 5.34. The van der Waals surface area contributed by atoms with Crippen LogP contribution >= 0.6 is 0 Å². The molecule has 1 unspecified atom stereocenters. The summed E-state index contributed by atoms with van der Waals surface area (Å²) in [6.45, 7) is -1.24. The summed E-state index contributed by atoms with van der Waals surface area (Å²) in [6, 6.07) is 6.54. The summed E-state index contributed by atoms with van der Waals surface area (Å²) in [6.07, 6.45) is 3.26. The molecule has 4 nitrogen and oxygen atoms in total. The number of benzene rings is 1. The SMILES string of the molecule is COc1ccc(C(C#N)N2CCCCC2)cc1OC(F)F. The second-order valence-electron chi connectivity index (χ2n) is 4.92. The fraction of sp³-hybridized carbons (Fsp3) is 0.533. The maximum absolute atomic E-state index is 12.5. The van der Waals surface area contributed by atoms with Crippen LogP contribution in [-0.2, 0) is 0 Å². The van der Waals surface area contributed by atoms with E-state index in [2.05, 4.69) is 15.7 Å². The topological polar surface area (TPSA) is 45.5 Å². The molecule has 21 heavy (non-hydrogen) atoms. The Morgan fingerprint density at radius 1 is 1.19 bits per heavy atom. The van der Waals surface area contributed by atoms with Crippen LogP contribution in [0.3, 0.4) is 0 Å². The fourth-order valence-electron chi connectivity index (χ4n) is 2.60. The zero-order chi connectivity index (χ0) is 15.2. The van der Waals surface area contributed by atoms with Crippen molar-refractivity contribution < 1.29 is 18.3 Å². The van der Waals surface area contributed by atoms with Crippen molar-refractivity contribution in [1.29, 1.82) is 5.26 Å². The first kappa shape index (κ1) is 15.5. The summed E-state index contributed by atoms with van der Waals surface area (Å²) in [5.74, 6) is 0.191. The summed E-state index contributed by atoms with van der Waals surface area (Å²) >= 11 is 0. The van der Waals surface area contributed by atoms with Gasteiger partial charge in [-0.3, -0.25) is 4.90 Å². The molecule has 1 atom stereocenters. The largest absolute Gasteiger partial charge is 0.493 e. The van der Waals surface area contributed by atoms with Gasteiger partial charge in [0, 0.05) is 0 Å². The minimum absolute atomic E-state index is 0.0396. The number of nitriles is 1. The van der Waals surface area contributed by atoms with Gasteiger partial charge in [-0.2, -0.15) is 14.0 Å². The first-order chi connectivity index (χ1) is 10.2. The first-order valence-electron chi connectivity index (χ1n) is 6.92. The molecular weight excluding hydrogens is 278 g/mol. The standard InChI is InChI=1S/C15H18F2N2O2/c1-20-13-6-5-11(9-14(13)21-15(16)17)12(10-18)19-7-3-2-4-8-19/h5-6,9,12,15H,2-4,7-8H2,1H3. The van der Waals surface area contributed by atoms with Crippen LogP contribution in [0.5, 0.6) is 11.5 Å². The highest BCUT2D eigenvalue weighted by atomic mass is 19.3. The average molecular weight is 296 g/mol. The molecule has 0 N–H and O–H groups in total. The predicted molar refractivity (Wildman–Crippen MR) is 73.4 cm³/mol. The van der Waals surface area contributed by atoms with Crippen LogP contribution in [-0.4, -0.2) is 31.7 Å². The maximum atomic E-state index is 12.5. The third-order valence-electron chi connectivity index (χ3n) is 3.60. The number of halogens is 2. The molecule has 0 aliphatic carbocycles. The van der Waals surface area contributed by atoms with Gasteiger partial charge in [-0.15, -0.1) is 0 Å². The molecule has 1 aliphatic heterocycles. The van der Waals surface area contributed by atoms with Crippen LogP contribution < -0.4 is 9.47 Å². The third kappa shape index (κ3) is 3.82. The molecule has 0 bridgehead atoms. The van der Waals surface area contributed by atoms with Crippen LogP contribution in [0.25, 0.3) is 0 Å². The normalized spacial score (nSPS) is 17.3. The molecule has 1 heterocycles. The van der Waals surface area contributed by atoms with Crippen molar-refractivity contribution in [2.45, 2.75) is 31.9 Å². The molecule has 1 fully saturated rings. The molecule has 0 spiro atoms. The van der Waals surface area contributed by atoms with Crippen LogP contribution in [0.2, 0.25) is 0 Å². The van der Waals surface area contributed by atoms with Crippen molar-refractivity contribution in [2.24, 2.45) is 0 Å². The number of likely N-dealkylation sites (tertiary alicyclic amines) is 1. The molecule has 1 aromatic rings. The molecule has 1 aromatic carbocycles. The Bertz CT molecular complexity index is 511. The van der Waals surface area contributed by atoms with Crippen molar-refractivity contribution in [3.05, 3.63) is 23.8 Å². The van der Waals surface area contributed by atoms with E-state index in [0.29, 0.717) is 5.56 Å². The monoisotopic (exact) mass is 296 g/mol. The quantitative estimate of drug-likeness (QED) is 0.836. The highest BCUT2D eigenvalue weighted by Gasteiger charge is 2.23. The van der Waals surface area contributed by atoms with Gasteiger partial charge in [-0.1, -0.05) is 12.5 Å². The van der Waals surface area contributed by atoms with Gasteiger partial charge in [0.15, 0.2) is 11.5 Å². The lowest BCUT2D eigenvalue weighted by molar-refractivity contribution is -0.0512. The minimum Gasteiger partial charge on any atom is -0.493 e. The molecular formula is C15H18F2N2O2. The van der Waals surface area contributed by atoms with E-state index in [9.17, 15) is 14.0 Å². The minimum atomic E-state index is -2.93. The number of nitrogens with zero attached hydrogens (tertiary/aromatic N) is 2. The zero-order valence-electron chi connectivity index (χ0n) is 11.9. The summed E-state index contributed by atoms with van der Waals surface area (Å²) < 4.78 is 34.4. The maximum Gasteiger partial charge on any atom is 0.387 e. The van der Waals surface area contributed by atoms with E-state index in [0.717, 1.165) is 32.4 Å². The lowest BCUT2D eigenvalue weighted by Crippen LogP contribution is -2.33. The van der Waals surface area contributed by atoms with Gasteiger partial charge < -0.3 is 9.47 Å². The molecule has 0 aromatic heterocycles. The van der Waals surface area contributed by atoms with E-state index in [1.54, 1.807) is 12.1 Å². The van der Waals surface area contributed by atoms with Gasteiger partial charge in [0.2, 0.25) is 0 Å².